The number of benzene rings is 1. The molecule has 0 aliphatic heterocycles. The highest BCUT2D eigenvalue weighted by Gasteiger charge is 2.25. The third kappa shape index (κ3) is 5.94. The maximum Gasteiger partial charge on any atom is 0.220 e. The lowest BCUT2D eigenvalue weighted by Gasteiger charge is -2.31. The first-order valence-electron chi connectivity index (χ1n) is 7.23. The monoisotopic (exact) mass is 314 g/mol. The Morgan fingerprint density at radius 3 is 2.52 bits per heavy atom. The van der Waals surface area contributed by atoms with Crippen LogP contribution in [-0.2, 0) is 11.2 Å². The number of halogens is 1. The van der Waals surface area contributed by atoms with E-state index < -0.39 is 0 Å². The zero-order valence-corrected chi connectivity index (χ0v) is 14.0. The van der Waals surface area contributed by atoms with Gasteiger partial charge in [0.2, 0.25) is 5.91 Å². The quantitative estimate of drug-likeness (QED) is 0.775. The lowest BCUT2D eigenvalue weighted by atomic mass is 9.92. The van der Waals surface area contributed by atoms with E-state index in [2.05, 4.69) is 19.2 Å². The molecule has 0 aliphatic carbocycles. The van der Waals surface area contributed by atoms with Crippen LogP contribution in [0.3, 0.4) is 0 Å². The van der Waals surface area contributed by atoms with Crippen molar-refractivity contribution in [1.82, 2.24) is 5.32 Å². The molecule has 0 radical (unpaired) electrons. The predicted octanol–water partition coefficient (Wildman–Crippen LogP) is 2.68. The van der Waals surface area contributed by atoms with Crippen molar-refractivity contribution < 1.29 is 9.53 Å². The van der Waals surface area contributed by atoms with Gasteiger partial charge in [0, 0.05) is 13.0 Å². The largest absolute Gasteiger partial charge is 0.497 e. The number of ether oxygens (including phenoxy) is 1. The number of rotatable bonds is 8. The Labute approximate surface area is 133 Å². The van der Waals surface area contributed by atoms with E-state index in [1.165, 1.54) is 0 Å². The Morgan fingerprint density at radius 2 is 2.00 bits per heavy atom. The molecule has 4 nitrogen and oxygen atoms in total. The molecule has 0 fully saturated rings. The van der Waals surface area contributed by atoms with E-state index in [4.69, 9.17) is 10.5 Å². The highest BCUT2D eigenvalue weighted by molar-refractivity contribution is 5.85. The summed E-state index contributed by atoms with van der Waals surface area (Å²) in [7, 11) is 1.64. The number of amides is 1. The Hall–Kier alpha value is -1.26. The summed E-state index contributed by atoms with van der Waals surface area (Å²) in [5.74, 6) is 0.878. The van der Waals surface area contributed by atoms with Crippen molar-refractivity contribution in [2.24, 2.45) is 5.73 Å². The average Bonchev–Trinajstić information content (AvgIpc) is 2.51. The van der Waals surface area contributed by atoms with Gasteiger partial charge in [0.15, 0.2) is 0 Å². The molecule has 0 aliphatic rings. The molecule has 1 amide bonds. The van der Waals surface area contributed by atoms with Gasteiger partial charge in [0.1, 0.15) is 5.75 Å². The van der Waals surface area contributed by atoms with Crippen molar-refractivity contribution in [1.29, 1.82) is 0 Å². The van der Waals surface area contributed by atoms with E-state index in [-0.39, 0.29) is 23.9 Å². The van der Waals surface area contributed by atoms with Gasteiger partial charge in [-0.25, -0.2) is 0 Å². The third-order valence-electron chi connectivity index (χ3n) is 3.92. The minimum atomic E-state index is -0.258. The van der Waals surface area contributed by atoms with Crippen molar-refractivity contribution in [2.75, 3.05) is 13.7 Å². The van der Waals surface area contributed by atoms with Crippen molar-refractivity contribution in [2.45, 2.75) is 45.1 Å². The normalized spacial score (nSPS) is 10.7. The molecule has 5 heteroatoms. The molecule has 1 aromatic carbocycles. The summed E-state index contributed by atoms with van der Waals surface area (Å²) in [4.78, 5) is 12.1. The summed E-state index contributed by atoms with van der Waals surface area (Å²) in [6.45, 7) is 4.59. The minimum absolute atomic E-state index is 0. The molecule has 3 N–H and O–H groups in total. The number of carbonyl (C=O) groups is 1. The first kappa shape index (κ1) is 19.7. The highest BCUT2D eigenvalue weighted by atomic mass is 35.5. The highest BCUT2D eigenvalue weighted by Crippen LogP contribution is 2.16. The topological polar surface area (TPSA) is 64.3 Å². The van der Waals surface area contributed by atoms with E-state index in [1.54, 1.807) is 7.11 Å². The van der Waals surface area contributed by atoms with Crippen LogP contribution in [0.25, 0.3) is 0 Å². The van der Waals surface area contributed by atoms with E-state index in [9.17, 15) is 4.79 Å². The van der Waals surface area contributed by atoms with Gasteiger partial charge in [-0.1, -0.05) is 26.0 Å². The second-order valence-electron chi connectivity index (χ2n) is 5.09. The summed E-state index contributed by atoms with van der Waals surface area (Å²) < 4.78 is 5.18. The zero-order valence-electron chi connectivity index (χ0n) is 13.1. The maximum absolute atomic E-state index is 12.1. The molecule has 0 unspecified atom stereocenters. The van der Waals surface area contributed by atoms with Crippen LogP contribution in [0.15, 0.2) is 24.3 Å². The first-order valence-corrected chi connectivity index (χ1v) is 7.23. The number of aryl methyl sites for hydroxylation is 1. The van der Waals surface area contributed by atoms with Crippen molar-refractivity contribution in [3.63, 3.8) is 0 Å². The zero-order chi connectivity index (χ0) is 15.0. The summed E-state index contributed by atoms with van der Waals surface area (Å²) in [5.41, 5.74) is 6.64. The summed E-state index contributed by atoms with van der Waals surface area (Å²) in [5, 5.41) is 3.08. The Balaban J connectivity index is 0.00000400. The predicted molar refractivity (Wildman–Crippen MR) is 89.1 cm³/mol. The molecule has 1 rings (SSSR count). The number of methoxy groups -OCH3 is 1. The van der Waals surface area contributed by atoms with Gasteiger partial charge in [-0.15, -0.1) is 12.4 Å². The van der Waals surface area contributed by atoms with E-state index in [0.717, 1.165) is 24.2 Å². The SMILES string of the molecule is CCC(CC)(CN)NC(=O)CCc1cccc(OC)c1.Cl. The molecule has 0 saturated heterocycles. The van der Waals surface area contributed by atoms with Crippen LogP contribution in [0, 0.1) is 0 Å². The van der Waals surface area contributed by atoms with Gasteiger partial charge in [-0.05, 0) is 37.0 Å². The lowest BCUT2D eigenvalue weighted by molar-refractivity contribution is -0.123. The number of carbonyl (C=O) groups excluding carboxylic acids is 1. The van der Waals surface area contributed by atoms with E-state index in [1.807, 2.05) is 24.3 Å². The molecule has 21 heavy (non-hydrogen) atoms. The van der Waals surface area contributed by atoms with Gasteiger partial charge in [-0.2, -0.15) is 0 Å². The smallest absolute Gasteiger partial charge is 0.220 e. The average molecular weight is 315 g/mol. The van der Waals surface area contributed by atoms with Crippen LogP contribution in [-0.4, -0.2) is 25.1 Å². The minimum Gasteiger partial charge on any atom is -0.497 e. The molecule has 0 spiro atoms. The molecular formula is C16H27ClN2O2. The van der Waals surface area contributed by atoms with Gasteiger partial charge < -0.3 is 15.8 Å². The fraction of sp³-hybridized carbons (Fsp3) is 0.562. The fourth-order valence-corrected chi connectivity index (χ4v) is 2.21. The molecule has 1 aromatic rings. The maximum atomic E-state index is 12.1. The van der Waals surface area contributed by atoms with Crippen LogP contribution in [0.1, 0.15) is 38.7 Å². The molecular weight excluding hydrogens is 288 g/mol. The van der Waals surface area contributed by atoms with Crippen LogP contribution >= 0.6 is 12.4 Å². The second kappa shape index (κ2) is 9.64. The van der Waals surface area contributed by atoms with Crippen LogP contribution < -0.4 is 15.8 Å². The van der Waals surface area contributed by atoms with Gasteiger partial charge in [0.25, 0.3) is 0 Å². The van der Waals surface area contributed by atoms with Crippen molar-refractivity contribution in [3.8, 4) is 5.75 Å². The molecule has 120 valence electrons. The molecule has 0 aromatic heterocycles. The van der Waals surface area contributed by atoms with E-state index >= 15 is 0 Å². The van der Waals surface area contributed by atoms with Gasteiger partial charge in [0.05, 0.1) is 12.6 Å². The Morgan fingerprint density at radius 1 is 1.33 bits per heavy atom. The molecule has 0 saturated carbocycles. The van der Waals surface area contributed by atoms with Crippen LogP contribution in [0.2, 0.25) is 0 Å². The number of hydrogen-bond acceptors (Lipinski definition) is 3. The number of hydrogen-bond donors (Lipinski definition) is 2. The fourth-order valence-electron chi connectivity index (χ4n) is 2.21. The van der Waals surface area contributed by atoms with Gasteiger partial charge >= 0.3 is 0 Å². The Kier molecular flexibility index (Phi) is 9.06. The summed E-state index contributed by atoms with van der Waals surface area (Å²) in [6.07, 6.45) is 2.88. The third-order valence-corrected chi connectivity index (χ3v) is 3.92. The summed E-state index contributed by atoms with van der Waals surface area (Å²) >= 11 is 0. The van der Waals surface area contributed by atoms with Gasteiger partial charge in [-0.3, -0.25) is 4.79 Å². The molecule has 0 atom stereocenters. The summed E-state index contributed by atoms with van der Waals surface area (Å²) in [6, 6.07) is 7.81. The first-order chi connectivity index (χ1) is 9.59. The second-order valence-corrected chi connectivity index (χ2v) is 5.09. The van der Waals surface area contributed by atoms with Crippen LogP contribution in [0.4, 0.5) is 0 Å². The molecule has 0 bridgehead atoms. The van der Waals surface area contributed by atoms with Crippen molar-refractivity contribution >= 4 is 18.3 Å². The number of nitrogens with one attached hydrogen (secondary N) is 1. The standard InChI is InChI=1S/C16H26N2O2.ClH/c1-4-16(5-2,12-17)18-15(19)10-9-13-7-6-8-14(11-13)20-3;/h6-8,11H,4-5,9-10,12,17H2,1-3H3,(H,18,19);1H. The Bertz CT molecular complexity index is 426. The van der Waals surface area contributed by atoms with Crippen LogP contribution in [0.5, 0.6) is 5.75 Å². The van der Waals surface area contributed by atoms with Crippen molar-refractivity contribution in [3.05, 3.63) is 29.8 Å². The molecule has 0 heterocycles. The van der Waals surface area contributed by atoms with E-state index in [0.29, 0.717) is 19.4 Å². The lowest BCUT2D eigenvalue weighted by Crippen LogP contribution is -2.52. The number of nitrogens with two attached hydrogens (primary N) is 1.